The zero-order valence-corrected chi connectivity index (χ0v) is 19.3. The number of amides is 3. The van der Waals surface area contributed by atoms with Crippen LogP contribution in [0.3, 0.4) is 0 Å². The summed E-state index contributed by atoms with van der Waals surface area (Å²) in [5.74, 6) is -0.0379. The maximum Gasteiger partial charge on any atom is 0.407 e. The monoisotopic (exact) mass is 461 g/mol. The van der Waals surface area contributed by atoms with Gasteiger partial charge < -0.3 is 25.4 Å². The molecule has 3 amide bonds. The lowest BCUT2D eigenvalue weighted by Gasteiger charge is -2.19. The van der Waals surface area contributed by atoms with Crippen LogP contribution in [0.1, 0.15) is 34.1 Å². The first kappa shape index (κ1) is 25.0. The standard InChI is InChI=1S/C23H28ClN3O5/c1-15(31-19-11-5-16(24)6-12-19)21(29)27-18-9-7-17(8-10-18)26-20(28)13-14-25-22(30)32-23(2,3)4/h5-12,15H,13-14H2,1-4H3,(H,25,30)(H,26,28)(H,27,29). The van der Waals surface area contributed by atoms with Crippen molar-refractivity contribution in [3.63, 3.8) is 0 Å². The third-order valence-corrected chi connectivity index (χ3v) is 4.20. The molecule has 0 spiro atoms. The average Bonchev–Trinajstić information content (AvgIpc) is 2.69. The van der Waals surface area contributed by atoms with E-state index in [4.69, 9.17) is 21.1 Å². The molecule has 0 saturated carbocycles. The number of ether oxygens (including phenoxy) is 2. The van der Waals surface area contributed by atoms with E-state index in [2.05, 4.69) is 16.0 Å². The van der Waals surface area contributed by atoms with Crippen LogP contribution in [-0.2, 0) is 14.3 Å². The highest BCUT2D eigenvalue weighted by atomic mass is 35.5. The Morgan fingerprint density at radius 3 is 2.06 bits per heavy atom. The molecule has 2 rings (SSSR count). The maximum atomic E-state index is 12.3. The number of carbonyl (C=O) groups is 3. The second kappa shape index (κ2) is 11.4. The van der Waals surface area contributed by atoms with Crippen LogP contribution in [0.15, 0.2) is 48.5 Å². The van der Waals surface area contributed by atoms with Crippen LogP contribution >= 0.6 is 11.6 Å². The van der Waals surface area contributed by atoms with Crippen molar-refractivity contribution in [3.05, 3.63) is 53.6 Å². The highest BCUT2D eigenvalue weighted by Crippen LogP contribution is 2.18. The molecule has 8 nitrogen and oxygen atoms in total. The Bertz CT molecular complexity index is 924. The molecule has 0 aliphatic rings. The Morgan fingerprint density at radius 2 is 1.50 bits per heavy atom. The Hall–Kier alpha value is -3.26. The van der Waals surface area contributed by atoms with Crippen LogP contribution in [0.25, 0.3) is 0 Å². The van der Waals surface area contributed by atoms with Gasteiger partial charge in [-0.25, -0.2) is 4.79 Å². The van der Waals surface area contributed by atoms with Crippen molar-refractivity contribution in [1.82, 2.24) is 5.32 Å². The molecule has 0 aliphatic heterocycles. The quantitative estimate of drug-likeness (QED) is 0.532. The molecule has 0 radical (unpaired) electrons. The van der Waals surface area contributed by atoms with E-state index in [0.29, 0.717) is 22.1 Å². The lowest BCUT2D eigenvalue weighted by Crippen LogP contribution is -2.34. The molecular formula is C23H28ClN3O5. The van der Waals surface area contributed by atoms with Gasteiger partial charge >= 0.3 is 6.09 Å². The number of hydrogen-bond acceptors (Lipinski definition) is 5. The molecule has 0 saturated heterocycles. The predicted octanol–water partition coefficient (Wildman–Crippen LogP) is 4.60. The summed E-state index contributed by atoms with van der Waals surface area (Å²) in [5.41, 5.74) is 0.533. The molecule has 0 bridgehead atoms. The van der Waals surface area contributed by atoms with Gasteiger partial charge in [0.25, 0.3) is 5.91 Å². The summed E-state index contributed by atoms with van der Waals surface area (Å²) in [6.45, 7) is 7.08. The van der Waals surface area contributed by atoms with E-state index in [1.165, 1.54) is 0 Å². The van der Waals surface area contributed by atoms with Gasteiger partial charge in [-0.3, -0.25) is 9.59 Å². The van der Waals surface area contributed by atoms with Crippen molar-refractivity contribution in [3.8, 4) is 5.75 Å². The summed E-state index contributed by atoms with van der Waals surface area (Å²) in [4.78, 5) is 35.9. The summed E-state index contributed by atoms with van der Waals surface area (Å²) >= 11 is 5.84. The molecule has 3 N–H and O–H groups in total. The van der Waals surface area contributed by atoms with Crippen LogP contribution in [0.4, 0.5) is 16.2 Å². The molecule has 1 atom stereocenters. The van der Waals surface area contributed by atoms with Crippen molar-refractivity contribution in [1.29, 1.82) is 0 Å². The fourth-order valence-electron chi connectivity index (χ4n) is 2.47. The normalized spacial score (nSPS) is 11.8. The summed E-state index contributed by atoms with van der Waals surface area (Å²) in [6, 6.07) is 13.4. The average molecular weight is 462 g/mol. The maximum absolute atomic E-state index is 12.3. The van der Waals surface area contributed by atoms with Gasteiger partial charge in [-0.15, -0.1) is 0 Å². The predicted molar refractivity (Wildman–Crippen MR) is 124 cm³/mol. The SMILES string of the molecule is CC(Oc1ccc(Cl)cc1)C(=O)Nc1ccc(NC(=O)CCNC(=O)OC(C)(C)C)cc1. The van der Waals surface area contributed by atoms with E-state index in [1.54, 1.807) is 76.2 Å². The van der Waals surface area contributed by atoms with Crippen LogP contribution in [0, 0.1) is 0 Å². The number of anilines is 2. The van der Waals surface area contributed by atoms with Gasteiger partial charge in [-0.05, 0) is 76.2 Å². The lowest BCUT2D eigenvalue weighted by molar-refractivity contribution is -0.122. The van der Waals surface area contributed by atoms with E-state index < -0.39 is 17.8 Å². The Balaban J connectivity index is 1.76. The summed E-state index contributed by atoms with van der Waals surface area (Å²) in [7, 11) is 0. The third-order valence-electron chi connectivity index (χ3n) is 3.95. The molecule has 0 aliphatic carbocycles. The van der Waals surface area contributed by atoms with Gasteiger partial charge in [0.2, 0.25) is 5.91 Å². The first-order valence-electron chi connectivity index (χ1n) is 10.1. The molecule has 0 heterocycles. The fourth-order valence-corrected chi connectivity index (χ4v) is 2.59. The molecule has 172 valence electrons. The molecule has 0 aromatic heterocycles. The molecular weight excluding hydrogens is 434 g/mol. The highest BCUT2D eigenvalue weighted by molar-refractivity contribution is 6.30. The third kappa shape index (κ3) is 9.26. The second-order valence-electron chi connectivity index (χ2n) is 8.01. The molecule has 32 heavy (non-hydrogen) atoms. The minimum Gasteiger partial charge on any atom is -0.481 e. The smallest absolute Gasteiger partial charge is 0.407 e. The van der Waals surface area contributed by atoms with Crippen molar-refractivity contribution in [2.45, 2.75) is 45.8 Å². The first-order valence-corrected chi connectivity index (χ1v) is 10.5. The summed E-state index contributed by atoms with van der Waals surface area (Å²) in [5, 5.41) is 8.59. The minimum absolute atomic E-state index is 0.0945. The topological polar surface area (TPSA) is 106 Å². The van der Waals surface area contributed by atoms with Gasteiger partial charge in [-0.2, -0.15) is 0 Å². The van der Waals surface area contributed by atoms with E-state index in [9.17, 15) is 14.4 Å². The molecule has 2 aromatic carbocycles. The van der Waals surface area contributed by atoms with Crippen LogP contribution in [0.2, 0.25) is 5.02 Å². The number of benzene rings is 2. The minimum atomic E-state index is -0.715. The van der Waals surface area contributed by atoms with Crippen molar-refractivity contribution in [2.75, 3.05) is 17.2 Å². The Kier molecular flexibility index (Phi) is 8.90. The molecule has 0 fully saturated rings. The number of nitrogens with one attached hydrogen (secondary N) is 3. The van der Waals surface area contributed by atoms with Gasteiger partial charge in [-0.1, -0.05) is 11.6 Å². The number of halogens is 1. The van der Waals surface area contributed by atoms with Gasteiger partial charge in [0.05, 0.1) is 0 Å². The number of hydrogen-bond donors (Lipinski definition) is 3. The van der Waals surface area contributed by atoms with Crippen molar-refractivity contribution < 1.29 is 23.9 Å². The van der Waals surface area contributed by atoms with Crippen LogP contribution in [0.5, 0.6) is 5.75 Å². The van der Waals surface area contributed by atoms with Crippen molar-refractivity contribution >= 4 is 40.9 Å². The van der Waals surface area contributed by atoms with Crippen LogP contribution < -0.4 is 20.7 Å². The fraction of sp³-hybridized carbons (Fsp3) is 0.348. The van der Waals surface area contributed by atoms with Gasteiger partial charge in [0.1, 0.15) is 11.4 Å². The number of rotatable bonds is 8. The molecule has 1 unspecified atom stereocenters. The van der Waals surface area contributed by atoms with E-state index in [1.807, 2.05) is 0 Å². The second-order valence-corrected chi connectivity index (χ2v) is 8.44. The summed E-state index contributed by atoms with van der Waals surface area (Å²) < 4.78 is 10.7. The first-order chi connectivity index (χ1) is 15.0. The van der Waals surface area contributed by atoms with E-state index in [-0.39, 0.29) is 24.8 Å². The van der Waals surface area contributed by atoms with Gasteiger partial charge in [0.15, 0.2) is 6.10 Å². The van der Waals surface area contributed by atoms with E-state index in [0.717, 1.165) is 0 Å². The molecule has 2 aromatic rings. The largest absolute Gasteiger partial charge is 0.481 e. The summed E-state index contributed by atoms with van der Waals surface area (Å²) in [6.07, 6.45) is -1.19. The Morgan fingerprint density at radius 1 is 0.938 bits per heavy atom. The lowest BCUT2D eigenvalue weighted by atomic mass is 10.2. The van der Waals surface area contributed by atoms with Crippen LogP contribution in [-0.4, -0.2) is 36.2 Å². The highest BCUT2D eigenvalue weighted by Gasteiger charge is 2.16. The zero-order valence-electron chi connectivity index (χ0n) is 18.5. The van der Waals surface area contributed by atoms with E-state index >= 15 is 0 Å². The zero-order chi connectivity index (χ0) is 23.7. The number of alkyl carbamates (subject to hydrolysis) is 1. The van der Waals surface area contributed by atoms with Gasteiger partial charge in [0, 0.05) is 29.4 Å². The van der Waals surface area contributed by atoms with Crippen molar-refractivity contribution in [2.24, 2.45) is 0 Å². The molecule has 9 heteroatoms. The number of carbonyl (C=O) groups excluding carboxylic acids is 3. The Labute approximate surface area is 192 Å².